The number of amides is 1. The second-order valence-electron chi connectivity index (χ2n) is 3.84. The van der Waals surface area contributed by atoms with Crippen LogP contribution in [0.1, 0.15) is 17.9 Å². The van der Waals surface area contributed by atoms with Crippen LogP contribution in [0.2, 0.25) is 0 Å². The third-order valence-corrected chi connectivity index (χ3v) is 3.95. The zero-order valence-electron chi connectivity index (χ0n) is 10.2. The Hall–Kier alpha value is -1.94. The SMILES string of the molecule is Cc1noc(C)c1S(=O)(=O)N[C@H](CC(N)=O)C(=O)O. The van der Waals surface area contributed by atoms with Gasteiger partial charge in [0.05, 0.1) is 6.42 Å². The first-order valence-corrected chi connectivity index (χ1v) is 6.59. The first-order chi connectivity index (χ1) is 8.65. The normalized spacial score (nSPS) is 13.2. The zero-order valence-corrected chi connectivity index (χ0v) is 11.0. The Labute approximate surface area is 108 Å². The quantitative estimate of drug-likeness (QED) is 0.601. The Morgan fingerprint density at radius 1 is 1.47 bits per heavy atom. The minimum Gasteiger partial charge on any atom is -0.480 e. The number of carboxylic acid groups (broad SMARTS) is 1. The predicted molar refractivity (Wildman–Crippen MR) is 61.5 cm³/mol. The van der Waals surface area contributed by atoms with E-state index in [-0.39, 0.29) is 16.3 Å². The molecule has 0 saturated heterocycles. The highest BCUT2D eigenvalue weighted by Gasteiger charge is 2.31. The molecule has 1 aromatic heterocycles. The fraction of sp³-hybridized carbons (Fsp3) is 0.444. The molecular weight excluding hydrogens is 278 g/mol. The molecule has 0 aromatic carbocycles. The second kappa shape index (κ2) is 5.36. The second-order valence-corrected chi connectivity index (χ2v) is 5.49. The van der Waals surface area contributed by atoms with Crippen molar-refractivity contribution < 1.29 is 27.6 Å². The van der Waals surface area contributed by atoms with Gasteiger partial charge in [-0.3, -0.25) is 9.59 Å². The van der Waals surface area contributed by atoms with E-state index in [1.807, 2.05) is 4.72 Å². The van der Waals surface area contributed by atoms with E-state index in [2.05, 4.69) is 5.16 Å². The van der Waals surface area contributed by atoms with E-state index in [9.17, 15) is 18.0 Å². The lowest BCUT2D eigenvalue weighted by Gasteiger charge is -2.12. The van der Waals surface area contributed by atoms with E-state index in [1.54, 1.807) is 0 Å². The largest absolute Gasteiger partial charge is 0.480 e. The minimum absolute atomic E-state index is 0.0215. The molecule has 0 aliphatic carbocycles. The van der Waals surface area contributed by atoms with E-state index >= 15 is 0 Å². The summed E-state index contributed by atoms with van der Waals surface area (Å²) in [4.78, 5) is 21.3. The van der Waals surface area contributed by atoms with Crippen LogP contribution in [-0.2, 0) is 19.6 Å². The number of hydrogen-bond donors (Lipinski definition) is 3. The lowest BCUT2D eigenvalue weighted by molar-refractivity contribution is -0.140. The van der Waals surface area contributed by atoms with Gasteiger partial charge >= 0.3 is 5.97 Å². The maximum absolute atomic E-state index is 12.0. The van der Waals surface area contributed by atoms with Gasteiger partial charge in [-0.25, -0.2) is 8.42 Å². The summed E-state index contributed by atoms with van der Waals surface area (Å²) in [5.74, 6) is -2.42. The van der Waals surface area contributed by atoms with Crippen LogP contribution in [0.4, 0.5) is 0 Å². The standard InChI is InChI=1S/C9H13N3O6S/c1-4-8(5(2)18-11-4)19(16,17)12-6(9(14)15)3-7(10)13/h6,12H,3H2,1-2H3,(H2,10,13)(H,14,15)/t6-/m1/s1. The summed E-state index contributed by atoms with van der Waals surface area (Å²) < 4.78 is 30.6. The first-order valence-electron chi connectivity index (χ1n) is 5.11. The van der Waals surface area contributed by atoms with Crippen LogP contribution in [0, 0.1) is 13.8 Å². The zero-order chi connectivity index (χ0) is 14.8. The number of carbonyl (C=O) groups is 2. The summed E-state index contributed by atoms with van der Waals surface area (Å²) in [7, 11) is -4.16. The highest BCUT2D eigenvalue weighted by atomic mass is 32.2. The van der Waals surface area contributed by atoms with E-state index in [4.69, 9.17) is 15.4 Å². The summed E-state index contributed by atoms with van der Waals surface area (Å²) >= 11 is 0. The molecule has 0 fully saturated rings. The maximum Gasteiger partial charge on any atom is 0.322 e. The van der Waals surface area contributed by atoms with Gasteiger partial charge in [-0.1, -0.05) is 5.16 Å². The van der Waals surface area contributed by atoms with E-state index in [1.165, 1.54) is 13.8 Å². The van der Waals surface area contributed by atoms with Crippen molar-refractivity contribution in [2.24, 2.45) is 5.73 Å². The van der Waals surface area contributed by atoms with Crippen LogP contribution in [0.25, 0.3) is 0 Å². The van der Waals surface area contributed by atoms with Crippen molar-refractivity contribution in [1.29, 1.82) is 0 Å². The number of carboxylic acids is 1. The molecule has 4 N–H and O–H groups in total. The molecule has 106 valence electrons. The smallest absolute Gasteiger partial charge is 0.322 e. The molecule has 0 aliphatic rings. The molecular formula is C9H13N3O6S. The molecule has 1 rings (SSSR count). The number of nitrogens with zero attached hydrogens (tertiary/aromatic N) is 1. The minimum atomic E-state index is -4.16. The highest BCUT2D eigenvalue weighted by Crippen LogP contribution is 2.19. The summed E-state index contributed by atoms with van der Waals surface area (Å²) in [6.45, 7) is 2.77. The molecule has 9 nitrogen and oxygen atoms in total. The summed E-state index contributed by atoms with van der Waals surface area (Å²) in [5, 5.41) is 12.3. The van der Waals surface area contributed by atoms with Gasteiger partial charge in [0, 0.05) is 0 Å². The van der Waals surface area contributed by atoms with Crippen LogP contribution in [0.5, 0.6) is 0 Å². The lowest BCUT2D eigenvalue weighted by Crippen LogP contribution is -2.43. The Kier molecular flexibility index (Phi) is 4.27. The van der Waals surface area contributed by atoms with E-state index in [0.29, 0.717) is 0 Å². The molecule has 0 radical (unpaired) electrons. The van der Waals surface area contributed by atoms with Gasteiger partial charge in [0.1, 0.15) is 16.6 Å². The average molecular weight is 291 g/mol. The number of aryl methyl sites for hydroxylation is 2. The molecule has 1 amide bonds. The topological polar surface area (TPSA) is 153 Å². The van der Waals surface area contributed by atoms with E-state index in [0.717, 1.165) is 0 Å². The number of aliphatic carboxylic acids is 1. The number of aromatic nitrogens is 1. The Bertz CT molecular complexity index is 586. The molecule has 1 heterocycles. The molecule has 1 atom stereocenters. The number of sulfonamides is 1. The number of hydrogen-bond acceptors (Lipinski definition) is 6. The van der Waals surface area contributed by atoms with Crippen molar-refractivity contribution >= 4 is 21.9 Å². The first kappa shape index (κ1) is 15.1. The lowest BCUT2D eigenvalue weighted by atomic mass is 10.2. The van der Waals surface area contributed by atoms with Crippen molar-refractivity contribution in [2.45, 2.75) is 31.2 Å². The Morgan fingerprint density at radius 2 is 2.05 bits per heavy atom. The van der Waals surface area contributed by atoms with Crippen LogP contribution in [0.3, 0.4) is 0 Å². The Balaban J connectivity index is 3.08. The number of nitrogens with one attached hydrogen (secondary N) is 1. The van der Waals surface area contributed by atoms with Crippen LogP contribution < -0.4 is 10.5 Å². The van der Waals surface area contributed by atoms with Crippen molar-refractivity contribution in [3.63, 3.8) is 0 Å². The fourth-order valence-electron chi connectivity index (χ4n) is 1.49. The van der Waals surface area contributed by atoms with Crippen LogP contribution >= 0.6 is 0 Å². The monoisotopic (exact) mass is 291 g/mol. The number of primary amides is 1. The van der Waals surface area contributed by atoms with Gasteiger partial charge in [-0.05, 0) is 13.8 Å². The van der Waals surface area contributed by atoms with Gasteiger partial charge in [-0.15, -0.1) is 0 Å². The molecule has 0 aliphatic heterocycles. The number of carbonyl (C=O) groups excluding carboxylic acids is 1. The summed E-state index contributed by atoms with van der Waals surface area (Å²) in [6, 6.07) is -1.64. The molecule has 0 saturated carbocycles. The van der Waals surface area contributed by atoms with Crippen molar-refractivity contribution in [3.05, 3.63) is 11.5 Å². The van der Waals surface area contributed by atoms with Gasteiger partial charge in [0.25, 0.3) is 0 Å². The maximum atomic E-state index is 12.0. The van der Waals surface area contributed by atoms with Gasteiger partial charge < -0.3 is 15.4 Å². The van der Waals surface area contributed by atoms with Gasteiger partial charge in [0.2, 0.25) is 15.9 Å². The third-order valence-electron chi connectivity index (χ3n) is 2.24. The average Bonchev–Trinajstić information content (AvgIpc) is 2.56. The summed E-state index contributed by atoms with van der Waals surface area (Å²) in [6.07, 6.45) is -0.655. The highest BCUT2D eigenvalue weighted by molar-refractivity contribution is 7.89. The fourth-order valence-corrected chi connectivity index (χ4v) is 3.00. The van der Waals surface area contributed by atoms with Crippen LogP contribution in [0.15, 0.2) is 9.42 Å². The Morgan fingerprint density at radius 3 is 2.42 bits per heavy atom. The predicted octanol–water partition coefficient (Wildman–Crippen LogP) is -1.10. The molecule has 19 heavy (non-hydrogen) atoms. The van der Waals surface area contributed by atoms with Gasteiger partial charge in [0.15, 0.2) is 5.76 Å². The molecule has 1 aromatic rings. The molecule has 10 heteroatoms. The van der Waals surface area contributed by atoms with Crippen molar-refractivity contribution in [1.82, 2.24) is 9.88 Å². The molecule has 0 bridgehead atoms. The molecule has 0 spiro atoms. The third kappa shape index (κ3) is 3.51. The molecule has 0 unspecified atom stereocenters. The van der Waals surface area contributed by atoms with E-state index < -0.39 is 34.4 Å². The van der Waals surface area contributed by atoms with Crippen LogP contribution in [-0.4, -0.2) is 36.6 Å². The van der Waals surface area contributed by atoms with Gasteiger partial charge in [-0.2, -0.15) is 4.72 Å². The van der Waals surface area contributed by atoms with Crippen molar-refractivity contribution in [2.75, 3.05) is 0 Å². The number of rotatable bonds is 6. The van der Waals surface area contributed by atoms with Crippen molar-refractivity contribution in [3.8, 4) is 0 Å². The number of nitrogens with two attached hydrogens (primary N) is 1. The summed E-state index contributed by atoms with van der Waals surface area (Å²) in [5.41, 5.74) is 4.95.